The number of thioether (sulfide) groups is 1. The molecule has 1 amide bonds. The van der Waals surface area contributed by atoms with Crippen molar-refractivity contribution in [3.8, 4) is 0 Å². The molecule has 1 atom stereocenters. The highest BCUT2D eigenvalue weighted by Gasteiger charge is 2.11. The van der Waals surface area contributed by atoms with Crippen molar-refractivity contribution in [2.45, 2.75) is 12.5 Å². The molecule has 0 saturated carbocycles. The fraction of sp³-hybridized carbons (Fsp3) is 0.533. The summed E-state index contributed by atoms with van der Waals surface area (Å²) in [4.78, 5) is 14.1. The Morgan fingerprint density at radius 1 is 1.45 bits per heavy atom. The predicted molar refractivity (Wildman–Crippen MR) is 86.9 cm³/mol. The van der Waals surface area contributed by atoms with Gasteiger partial charge in [-0.2, -0.15) is 11.8 Å². The molecule has 0 bridgehead atoms. The SMILES string of the molecule is COC(CCSC)CNC(=O)c1cccc(N(C)C)c1. The van der Waals surface area contributed by atoms with Gasteiger partial charge in [0.2, 0.25) is 0 Å². The van der Waals surface area contributed by atoms with E-state index in [0.29, 0.717) is 12.1 Å². The van der Waals surface area contributed by atoms with Crippen LogP contribution in [0.2, 0.25) is 0 Å². The molecule has 20 heavy (non-hydrogen) atoms. The molecule has 4 nitrogen and oxygen atoms in total. The Morgan fingerprint density at radius 3 is 2.80 bits per heavy atom. The lowest BCUT2D eigenvalue weighted by atomic mass is 10.1. The summed E-state index contributed by atoms with van der Waals surface area (Å²) in [6.07, 6.45) is 3.08. The van der Waals surface area contributed by atoms with E-state index in [1.54, 1.807) is 18.9 Å². The van der Waals surface area contributed by atoms with Gasteiger partial charge in [0.05, 0.1) is 6.10 Å². The normalized spacial score (nSPS) is 12.0. The topological polar surface area (TPSA) is 41.6 Å². The summed E-state index contributed by atoms with van der Waals surface area (Å²) >= 11 is 1.78. The minimum absolute atomic E-state index is 0.0556. The van der Waals surface area contributed by atoms with Gasteiger partial charge in [0, 0.05) is 39.0 Å². The number of nitrogens with one attached hydrogen (secondary N) is 1. The van der Waals surface area contributed by atoms with E-state index in [0.717, 1.165) is 17.9 Å². The largest absolute Gasteiger partial charge is 0.380 e. The minimum atomic E-state index is -0.0556. The maximum Gasteiger partial charge on any atom is 0.251 e. The molecule has 0 saturated heterocycles. The third-order valence-electron chi connectivity index (χ3n) is 3.09. The molecule has 0 aliphatic rings. The number of ether oxygens (including phenoxy) is 1. The third-order valence-corrected chi connectivity index (χ3v) is 3.74. The summed E-state index contributed by atoms with van der Waals surface area (Å²) in [5.41, 5.74) is 1.69. The Balaban J connectivity index is 2.55. The number of hydrogen-bond donors (Lipinski definition) is 1. The van der Waals surface area contributed by atoms with E-state index in [9.17, 15) is 4.79 Å². The Hall–Kier alpha value is -1.20. The number of nitrogens with zero attached hydrogens (tertiary/aromatic N) is 1. The molecular formula is C15H24N2O2S. The fourth-order valence-corrected chi connectivity index (χ4v) is 2.29. The zero-order chi connectivity index (χ0) is 15.0. The zero-order valence-electron chi connectivity index (χ0n) is 12.7. The van der Waals surface area contributed by atoms with Gasteiger partial charge >= 0.3 is 0 Å². The second kappa shape index (κ2) is 8.87. The van der Waals surface area contributed by atoms with E-state index in [2.05, 4.69) is 11.6 Å². The Kier molecular flexibility index (Phi) is 7.47. The van der Waals surface area contributed by atoms with Crippen molar-refractivity contribution in [3.05, 3.63) is 29.8 Å². The highest BCUT2D eigenvalue weighted by Crippen LogP contribution is 2.13. The Bertz CT molecular complexity index is 424. The number of amides is 1. The smallest absolute Gasteiger partial charge is 0.251 e. The van der Waals surface area contributed by atoms with E-state index < -0.39 is 0 Å². The highest BCUT2D eigenvalue weighted by molar-refractivity contribution is 7.98. The van der Waals surface area contributed by atoms with Gasteiger partial charge in [-0.3, -0.25) is 4.79 Å². The van der Waals surface area contributed by atoms with Crippen LogP contribution in [-0.2, 0) is 4.74 Å². The molecule has 1 unspecified atom stereocenters. The predicted octanol–water partition coefficient (Wildman–Crippen LogP) is 2.25. The first-order chi connectivity index (χ1) is 9.58. The van der Waals surface area contributed by atoms with Crippen LogP contribution in [0.3, 0.4) is 0 Å². The number of methoxy groups -OCH3 is 1. The standard InChI is InChI=1S/C15H24N2O2S/c1-17(2)13-7-5-6-12(10-13)15(18)16-11-14(19-3)8-9-20-4/h5-7,10,14H,8-9,11H2,1-4H3,(H,16,18). The molecule has 112 valence electrons. The number of carbonyl (C=O) groups is 1. The monoisotopic (exact) mass is 296 g/mol. The molecule has 1 N–H and O–H groups in total. The second-order valence-corrected chi connectivity index (χ2v) is 5.78. The van der Waals surface area contributed by atoms with Gasteiger partial charge in [-0.25, -0.2) is 0 Å². The first-order valence-electron chi connectivity index (χ1n) is 6.65. The van der Waals surface area contributed by atoms with E-state index in [-0.39, 0.29) is 12.0 Å². The van der Waals surface area contributed by atoms with Crippen molar-refractivity contribution in [2.24, 2.45) is 0 Å². The number of benzene rings is 1. The summed E-state index contributed by atoms with van der Waals surface area (Å²) in [6.45, 7) is 0.544. The van der Waals surface area contributed by atoms with Crippen LogP contribution < -0.4 is 10.2 Å². The quantitative estimate of drug-likeness (QED) is 0.799. The number of rotatable bonds is 8. The van der Waals surface area contributed by atoms with Gasteiger partial charge in [-0.15, -0.1) is 0 Å². The Labute approximate surface area is 125 Å². The lowest BCUT2D eigenvalue weighted by Gasteiger charge is -2.16. The molecule has 0 aliphatic carbocycles. The zero-order valence-corrected chi connectivity index (χ0v) is 13.5. The van der Waals surface area contributed by atoms with E-state index in [1.165, 1.54) is 0 Å². The van der Waals surface area contributed by atoms with Crippen LogP contribution in [0, 0.1) is 0 Å². The van der Waals surface area contributed by atoms with Crippen LogP contribution in [-0.4, -0.2) is 51.8 Å². The van der Waals surface area contributed by atoms with Crippen LogP contribution in [0.25, 0.3) is 0 Å². The molecule has 1 aromatic rings. The minimum Gasteiger partial charge on any atom is -0.380 e. The van der Waals surface area contributed by atoms with Crippen LogP contribution in [0.4, 0.5) is 5.69 Å². The molecule has 0 heterocycles. The second-order valence-electron chi connectivity index (χ2n) is 4.79. The van der Waals surface area contributed by atoms with Crippen LogP contribution in [0.5, 0.6) is 0 Å². The molecule has 0 fully saturated rings. The van der Waals surface area contributed by atoms with E-state index >= 15 is 0 Å². The van der Waals surface area contributed by atoms with Crippen LogP contribution in [0.1, 0.15) is 16.8 Å². The van der Waals surface area contributed by atoms with Crippen LogP contribution >= 0.6 is 11.8 Å². The van der Waals surface area contributed by atoms with Crippen molar-refractivity contribution in [1.82, 2.24) is 5.32 Å². The van der Waals surface area contributed by atoms with Gasteiger partial charge in [0.25, 0.3) is 5.91 Å². The first kappa shape index (κ1) is 16.9. The van der Waals surface area contributed by atoms with Gasteiger partial charge < -0.3 is 15.0 Å². The molecule has 1 rings (SSSR count). The molecule has 1 aromatic carbocycles. The maximum absolute atomic E-state index is 12.1. The highest BCUT2D eigenvalue weighted by atomic mass is 32.2. The molecule has 0 aliphatic heterocycles. The summed E-state index contributed by atoms with van der Waals surface area (Å²) in [5, 5.41) is 2.93. The van der Waals surface area contributed by atoms with Gasteiger partial charge in [0.15, 0.2) is 0 Å². The van der Waals surface area contributed by atoms with E-state index in [4.69, 9.17) is 4.74 Å². The molecule has 0 radical (unpaired) electrons. The summed E-state index contributed by atoms with van der Waals surface area (Å²) in [7, 11) is 5.60. The van der Waals surface area contributed by atoms with Crippen LogP contribution in [0.15, 0.2) is 24.3 Å². The molecule has 0 aromatic heterocycles. The number of carbonyl (C=O) groups excluding carboxylic acids is 1. The average Bonchev–Trinajstić information content (AvgIpc) is 2.47. The lowest BCUT2D eigenvalue weighted by Crippen LogP contribution is -2.33. The van der Waals surface area contributed by atoms with Gasteiger partial charge in [0.1, 0.15) is 0 Å². The first-order valence-corrected chi connectivity index (χ1v) is 8.05. The van der Waals surface area contributed by atoms with Gasteiger partial charge in [-0.05, 0) is 36.6 Å². The van der Waals surface area contributed by atoms with Crippen molar-refractivity contribution in [2.75, 3.05) is 44.7 Å². The van der Waals surface area contributed by atoms with E-state index in [1.807, 2.05) is 43.3 Å². The fourth-order valence-electron chi connectivity index (χ4n) is 1.79. The molecular weight excluding hydrogens is 272 g/mol. The Morgan fingerprint density at radius 2 is 2.20 bits per heavy atom. The van der Waals surface area contributed by atoms with Gasteiger partial charge in [-0.1, -0.05) is 6.07 Å². The number of anilines is 1. The van der Waals surface area contributed by atoms with Crippen molar-refractivity contribution < 1.29 is 9.53 Å². The van der Waals surface area contributed by atoms with Crippen molar-refractivity contribution >= 4 is 23.4 Å². The number of hydrogen-bond acceptors (Lipinski definition) is 4. The average molecular weight is 296 g/mol. The van der Waals surface area contributed by atoms with Crippen molar-refractivity contribution in [1.29, 1.82) is 0 Å². The molecule has 0 spiro atoms. The third kappa shape index (κ3) is 5.43. The summed E-state index contributed by atoms with van der Waals surface area (Å²) < 4.78 is 5.36. The summed E-state index contributed by atoms with van der Waals surface area (Å²) in [6, 6.07) is 7.59. The van der Waals surface area contributed by atoms with Crippen molar-refractivity contribution in [3.63, 3.8) is 0 Å². The molecule has 5 heteroatoms. The maximum atomic E-state index is 12.1. The summed E-state index contributed by atoms with van der Waals surface area (Å²) in [5.74, 6) is 0.977. The lowest BCUT2D eigenvalue weighted by molar-refractivity contribution is 0.0819.